The third kappa shape index (κ3) is 5.74. The molecule has 9 nitrogen and oxygen atoms in total. The maximum Gasteiger partial charge on any atom is 0.243 e. The van der Waals surface area contributed by atoms with E-state index in [9.17, 15) is 18.0 Å². The van der Waals surface area contributed by atoms with Crippen LogP contribution in [-0.2, 0) is 26.0 Å². The first-order chi connectivity index (χ1) is 16.3. The van der Waals surface area contributed by atoms with Gasteiger partial charge in [-0.25, -0.2) is 13.4 Å². The van der Waals surface area contributed by atoms with Gasteiger partial charge in [-0.2, -0.15) is 4.31 Å². The molecule has 2 amide bonds. The Morgan fingerprint density at radius 3 is 2.38 bits per heavy atom. The molecule has 2 aliphatic heterocycles. The van der Waals surface area contributed by atoms with E-state index in [0.29, 0.717) is 25.3 Å². The van der Waals surface area contributed by atoms with Crippen LogP contribution >= 0.6 is 0 Å². The molecule has 0 saturated carbocycles. The number of carbonyl (C=O) groups is 2. The first kappa shape index (κ1) is 24.2. The molecule has 1 aromatic heterocycles. The van der Waals surface area contributed by atoms with Gasteiger partial charge in [0, 0.05) is 26.2 Å². The Labute approximate surface area is 200 Å². The highest BCUT2D eigenvalue weighted by Gasteiger charge is 2.26. The van der Waals surface area contributed by atoms with Gasteiger partial charge in [0.05, 0.1) is 29.1 Å². The van der Waals surface area contributed by atoms with Gasteiger partial charge in [0.25, 0.3) is 0 Å². The fraction of sp³-hybridized carbons (Fsp3) is 0.458. The number of primary amides is 1. The third-order valence-corrected chi connectivity index (χ3v) is 8.33. The Kier molecular flexibility index (Phi) is 7.47. The van der Waals surface area contributed by atoms with Crippen LogP contribution in [0.2, 0.25) is 0 Å². The minimum Gasteiger partial charge on any atom is -0.369 e. The lowest BCUT2D eigenvalue weighted by Gasteiger charge is -2.32. The Bertz CT molecular complexity index is 1110. The van der Waals surface area contributed by atoms with Crippen LogP contribution in [0.25, 0.3) is 0 Å². The number of pyridine rings is 1. The lowest BCUT2D eigenvalue weighted by Crippen LogP contribution is -2.41. The number of amides is 2. The summed E-state index contributed by atoms with van der Waals surface area (Å²) in [6, 6.07) is 10.1. The summed E-state index contributed by atoms with van der Waals surface area (Å²) in [4.78, 5) is 30.7. The number of piperidine rings is 2. The van der Waals surface area contributed by atoms with Gasteiger partial charge in [-0.1, -0.05) is 18.6 Å². The number of hydrogen-bond acceptors (Lipinski definition) is 6. The lowest BCUT2D eigenvalue weighted by atomic mass is 9.97. The zero-order valence-electron chi connectivity index (χ0n) is 19.2. The normalized spacial score (nSPS) is 19.5. The van der Waals surface area contributed by atoms with Crippen LogP contribution in [0.4, 0.5) is 11.5 Å². The number of anilines is 2. The van der Waals surface area contributed by atoms with E-state index >= 15 is 0 Å². The van der Waals surface area contributed by atoms with Gasteiger partial charge in [-0.05, 0) is 55.5 Å². The van der Waals surface area contributed by atoms with Gasteiger partial charge in [0.2, 0.25) is 21.8 Å². The van der Waals surface area contributed by atoms with Crippen LogP contribution in [0, 0.1) is 5.92 Å². The van der Waals surface area contributed by atoms with E-state index in [-0.39, 0.29) is 29.0 Å². The molecule has 4 rings (SSSR count). The second kappa shape index (κ2) is 10.5. The summed E-state index contributed by atoms with van der Waals surface area (Å²) in [5.74, 6) is 0.0734. The molecule has 1 atom stereocenters. The number of nitrogens with two attached hydrogens (primary N) is 1. The van der Waals surface area contributed by atoms with E-state index in [1.165, 1.54) is 4.31 Å². The Morgan fingerprint density at radius 1 is 1.00 bits per heavy atom. The number of nitrogens with zero attached hydrogens (tertiary/aromatic N) is 3. The van der Waals surface area contributed by atoms with Crippen molar-refractivity contribution in [3.63, 3.8) is 0 Å². The minimum atomic E-state index is -3.48. The van der Waals surface area contributed by atoms with Gasteiger partial charge in [-0.15, -0.1) is 0 Å². The summed E-state index contributed by atoms with van der Waals surface area (Å²) in [5, 5.41) is 2.82. The summed E-state index contributed by atoms with van der Waals surface area (Å²) in [7, 11) is -3.48. The summed E-state index contributed by atoms with van der Waals surface area (Å²) < 4.78 is 27.1. The highest BCUT2D eigenvalue weighted by atomic mass is 32.2. The van der Waals surface area contributed by atoms with Crippen LogP contribution in [0.3, 0.4) is 0 Å². The molecule has 1 aromatic carbocycles. The number of rotatable bonds is 7. The van der Waals surface area contributed by atoms with Crippen molar-refractivity contribution in [2.75, 3.05) is 36.4 Å². The molecule has 182 valence electrons. The van der Waals surface area contributed by atoms with Crippen molar-refractivity contribution in [1.82, 2.24) is 9.29 Å². The minimum absolute atomic E-state index is 0.123. The maximum absolute atomic E-state index is 12.8. The summed E-state index contributed by atoms with van der Waals surface area (Å²) >= 11 is 0. The molecule has 2 saturated heterocycles. The van der Waals surface area contributed by atoms with Crippen molar-refractivity contribution >= 4 is 33.3 Å². The number of aromatic nitrogens is 1. The molecular weight excluding hydrogens is 454 g/mol. The molecule has 3 N–H and O–H groups in total. The molecule has 0 spiro atoms. The van der Waals surface area contributed by atoms with Gasteiger partial charge >= 0.3 is 0 Å². The number of sulfonamides is 1. The number of benzene rings is 1. The predicted octanol–water partition coefficient (Wildman–Crippen LogP) is 2.14. The van der Waals surface area contributed by atoms with Crippen LogP contribution in [0.5, 0.6) is 0 Å². The second-order valence-electron chi connectivity index (χ2n) is 8.93. The van der Waals surface area contributed by atoms with Crippen LogP contribution in [0.15, 0.2) is 47.5 Å². The fourth-order valence-electron chi connectivity index (χ4n) is 4.49. The Hall–Kier alpha value is -2.98. The average Bonchev–Trinajstić information content (AvgIpc) is 2.85. The van der Waals surface area contributed by atoms with Crippen molar-refractivity contribution in [2.45, 2.75) is 43.4 Å². The van der Waals surface area contributed by atoms with Gasteiger partial charge < -0.3 is 16.0 Å². The molecule has 0 aliphatic carbocycles. The SMILES string of the molecule is NC(=O)C1CCCN(c2ccc(NC(=O)Cc3ccc(S(=O)(=O)N4CCCCC4)cc3)cn2)C1. The molecule has 0 radical (unpaired) electrons. The predicted molar refractivity (Wildman–Crippen MR) is 130 cm³/mol. The quantitative estimate of drug-likeness (QED) is 0.619. The fourth-order valence-corrected chi connectivity index (χ4v) is 6.01. The van der Waals surface area contributed by atoms with Crippen molar-refractivity contribution in [3.05, 3.63) is 48.2 Å². The van der Waals surface area contributed by atoms with E-state index in [1.54, 1.807) is 36.5 Å². The standard InChI is InChI=1S/C24H31N5O4S/c25-24(31)19-5-4-12-28(17-19)22-11-8-20(16-26-22)27-23(30)15-18-6-9-21(10-7-18)34(32,33)29-13-2-1-3-14-29/h6-11,16,19H,1-5,12-15,17H2,(H2,25,31)(H,27,30). The van der Waals surface area contributed by atoms with Gasteiger partial charge in [0.1, 0.15) is 5.82 Å². The van der Waals surface area contributed by atoms with Crippen molar-refractivity contribution < 1.29 is 18.0 Å². The number of nitrogens with one attached hydrogen (secondary N) is 1. The summed E-state index contributed by atoms with van der Waals surface area (Å²) in [6.07, 6.45) is 6.23. The average molecular weight is 486 g/mol. The first-order valence-electron chi connectivity index (χ1n) is 11.7. The Balaban J connectivity index is 1.32. The molecule has 1 unspecified atom stereocenters. The third-order valence-electron chi connectivity index (χ3n) is 6.42. The van der Waals surface area contributed by atoms with Crippen LogP contribution in [-0.4, -0.2) is 55.7 Å². The van der Waals surface area contributed by atoms with E-state index in [0.717, 1.165) is 50.0 Å². The van der Waals surface area contributed by atoms with Crippen LogP contribution < -0.4 is 16.0 Å². The topological polar surface area (TPSA) is 126 Å². The first-order valence-corrected chi connectivity index (χ1v) is 13.2. The smallest absolute Gasteiger partial charge is 0.243 e. The van der Waals surface area contributed by atoms with Gasteiger partial charge in [0.15, 0.2) is 0 Å². The monoisotopic (exact) mass is 485 g/mol. The zero-order valence-corrected chi connectivity index (χ0v) is 20.0. The molecular formula is C24H31N5O4S. The maximum atomic E-state index is 12.8. The Morgan fingerprint density at radius 2 is 1.74 bits per heavy atom. The summed E-state index contributed by atoms with van der Waals surface area (Å²) in [5.41, 5.74) is 6.75. The second-order valence-corrected chi connectivity index (χ2v) is 10.9. The van der Waals surface area contributed by atoms with Gasteiger partial charge in [-0.3, -0.25) is 9.59 Å². The largest absolute Gasteiger partial charge is 0.369 e. The number of hydrogen-bond donors (Lipinski definition) is 2. The van der Waals surface area contributed by atoms with Crippen molar-refractivity contribution in [3.8, 4) is 0 Å². The van der Waals surface area contributed by atoms with Crippen molar-refractivity contribution in [1.29, 1.82) is 0 Å². The van der Waals surface area contributed by atoms with E-state index in [4.69, 9.17) is 5.73 Å². The molecule has 34 heavy (non-hydrogen) atoms. The highest BCUT2D eigenvalue weighted by Crippen LogP contribution is 2.23. The summed E-state index contributed by atoms with van der Waals surface area (Å²) in [6.45, 7) is 2.48. The van der Waals surface area contributed by atoms with E-state index in [2.05, 4.69) is 10.3 Å². The molecule has 10 heteroatoms. The molecule has 2 fully saturated rings. The lowest BCUT2D eigenvalue weighted by molar-refractivity contribution is -0.122. The molecule has 2 aliphatic rings. The zero-order chi connectivity index (χ0) is 24.1. The van der Waals surface area contributed by atoms with E-state index in [1.807, 2.05) is 11.0 Å². The van der Waals surface area contributed by atoms with Crippen LogP contribution in [0.1, 0.15) is 37.7 Å². The highest BCUT2D eigenvalue weighted by molar-refractivity contribution is 7.89. The molecule has 2 aromatic rings. The van der Waals surface area contributed by atoms with E-state index < -0.39 is 10.0 Å². The van der Waals surface area contributed by atoms with Crippen molar-refractivity contribution in [2.24, 2.45) is 11.7 Å². The molecule has 0 bridgehead atoms. The number of carbonyl (C=O) groups excluding carboxylic acids is 2. The molecule has 3 heterocycles.